The summed E-state index contributed by atoms with van der Waals surface area (Å²) in [5.74, 6) is 0.645. The first-order valence-corrected chi connectivity index (χ1v) is 19.1. The molecule has 4 N–H and O–H groups in total. The van der Waals surface area contributed by atoms with Gasteiger partial charge in [0.05, 0.1) is 18.3 Å². The Kier molecular flexibility index (Phi) is 11.8. The van der Waals surface area contributed by atoms with Gasteiger partial charge in [-0.2, -0.15) is 0 Å². The molecule has 2 amide bonds. The molecule has 1 aromatic carbocycles. The van der Waals surface area contributed by atoms with Crippen LogP contribution >= 0.6 is 43.5 Å². The van der Waals surface area contributed by atoms with Crippen LogP contribution in [0.5, 0.6) is 0 Å². The molecule has 13 heteroatoms. The number of carbonyl (C=O) groups is 2. The molecule has 4 heterocycles. The summed E-state index contributed by atoms with van der Waals surface area (Å²) in [6.45, 7) is 4.79. The summed E-state index contributed by atoms with van der Waals surface area (Å²) in [5, 5.41) is 33.9. The van der Waals surface area contributed by atoms with E-state index in [9.17, 15) is 24.9 Å². The van der Waals surface area contributed by atoms with Crippen LogP contribution in [0.3, 0.4) is 0 Å². The minimum atomic E-state index is -1.41. The van der Waals surface area contributed by atoms with Crippen LogP contribution in [0.1, 0.15) is 73.8 Å². The van der Waals surface area contributed by atoms with Gasteiger partial charge >= 0.3 is 0 Å². The van der Waals surface area contributed by atoms with Gasteiger partial charge in [-0.15, -0.1) is 0 Å². The molecule has 0 bridgehead atoms. The quantitative estimate of drug-likeness (QED) is 0.328. The third-order valence-electron chi connectivity index (χ3n) is 10.7. The Balaban J connectivity index is 0.998. The van der Waals surface area contributed by atoms with Crippen molar-refractivity contribution in [3.63, 3.8) is 0 Å². The number of ether oxygens (including phenoxy) is 1. The van der Waals surface area contributed by atoms with Crippen molar-refractivity contribution >= 4 is 55.3 Å². The highest BCUT2D eigenvalue weighted by Gasteiger charge is 2.43. The smallest absolute Gasteiger partial charge is 0.236 e. The fourth-order valence-electron chi connectivity index (χ4n) is 8.05. The van der Waals surface area contributed by atoms with Crippen LogP contribution < -0.4 is 5.32 Å². The summed E-state index contributed by atoms with van der Waals surface area (Å²) in [6, 6.07) is 6.28. The van der Waals surface area contributed by atoms with Gasteiger partial charge in [0.2, 0.25) is 11.8 Å². The maximum Gasteiger partial charge on any atom is 0.236 e. The SMILES string of the molecule is CC[C@H]1O[C@@H](NC(=O)CN2CCC(CC(=O)N3CCC([C@H]4c5ncc(Br)cc5CCc5cc(Cl)cc(Br)c54)CC3)CC2)[C@H](O)[C@@H](O)[C@H]1O. The molecule has 0 radical (unpaired) electrons. The van der Waals surface area contributed by atoms with Gasteiger partial charge in [0, 0.05) is 45.6 Å². The van der Waals surface area contributed by atoms with E-state index in [0.717, 1.165) is 71.3 Å². The van der Waals surface area contributed by atoms with E-state index in [0.29, 0.717) is 31.8 Å². The zero-order valence-corrected chi connectivity index (χ0v) is 31.1. The Morgan fingerprint density at radius 2 is 1.69 bits per heavy atom. The highest BCUT2D eigenvalue weighted by molar-refractivity contribution is 9.10. The lowest BCUT2D eigenvalue weighted by Crippen LogP contribution is -2.63. The maximum absolute atomic E-state index is 13.5. The van der Waals surface area contributed by atoms with Crippen LogP contribution in [0.4, 0.5) is 0 Å². The number of hydrogen-bond donors (Lipinski definition) is 4. The normalized spacial score (nSPS) is 28.8. The lowest BCUT2D eigenvalue weighted by molar-refractivity contribution is -0.229. The lowest BCUT2D eigenvalue weighted by Gasteiger charge is -2.41. The Hall–Kier alpha value is -1.64. The molecule has 10 nitrogen and oxygen atoms in total. The van der Waals surface area contributed by atoms with Crippen molar-refractivity contribution in [2.45, 2.75) is 94.9 Å². The molecule has 3 aliphatic heterocycles. The minimum absolute atomic E-state index is 0.133. The number of aromatic nitrogens is 1. The van der Waals surface area contributed by atoms with E-state index < -0.39 is 30.6 Å². The third-order valence-corrected chi connectivity index (χ3v) is 12.0. The molecule has 3 fully saturated rings. The van der Waals surface area contributed by atoms with Gasteiger partial charge in [-0.3, -0.25) is 19.5 Å². The summed E-state index contributed by atoms with van der Waals surface area (Å²) in [6.07, 6.45) is 2.38. The largest absolute Gasteiger partial charge is 0.388 e. The zero-order chi connectivity index (χ0) is 34.1. The summed E-state index contributed by atoms with van der Waals surface area (Å²) in [4.78, 5) is 35.3. The van der Waals surface area contributed by atoms with Crippen molar-refractivity contribution in [3.05, 3.63) is 60.7 Å². The molecule has 48 heavy (non-hydrogen) atoms. The fourth-order valence-corrected chi connectivity index (χ4v) is 9.55. The molecule has 1 aromatic heterocycles. The van der Waals surface area contributed by atoms with E-state index in [1.165, 1.54) is 16.7 Å². The second kappa shape index (κ2) is 15.7. The number of halogens is 3. The van der Waals surface area contributed by atoms with Crippen LogP contribution in [0.2, 0.25) is 5.02 Å². The first-order chi connectivity index (χ1) is 23.0. The summed E-state index contributed by atoms with van der Waals surface area (Å²) in [5.41, 5.74) is 4.94. The number of likely N-dealkylation sites (tertiary alicyclic amines) is 2. The molecular weight excluding hydrogens is 768 g/mol. The van der Waals surface area contributed by atoms with Gasteiger partial charge < -0.3 is 30.3 Å². The molecule has 6 rings (SSSR count). The number of aryl methyl sites for hydroxylation is 2. The summed E-state index contributed by atoms with van der Waals surface area (Å²) in [7, 11) is 0. The molecule has 0 spiro atoms. The number of rotatable bonds is 7. The number of aliphatic hydroxyl groups excluding tert-OH is 3. The fraction of sp³-hybridized carbons (Fsp3) is 0.629. The van der Waals surface area contributed by atoms with E-state index in [4.69, 9.17) is 21.3 Å². The number of amides is 2. The molecule has 1 aliphatic carbocycles. The van der Waals surface area contributed by atoms with Crippen LogP contribution in [-0.2, 0) is 27.2 Å². The van der Waals surface area contributed by atoms with Crippen molar-refractivity contribution in [2.24, 2.45) is 11.8 Å². The number of nitrogens with one attached hydrogen (secondary N) is 1. The van der Waals surface area contributed by atoms with Crippen molar-refractivity contribution in [1.29, 1.82) is 0 Å². The van der Waals surface area contributed by atoms with Crippen molar-refractivity contribution in [2.75, 3.05) is 32.7 Å². The highest BCUT2D eigenvalue weighted by atomic mass is 79.9. The third kappa shape index (κ3) is 7.96. The van der Waals surface area contributed by atoms with Crippen molar-refractivity contribution < 1.29 is 29.6 Å². The number of aliphatic hydroxyl groups is 3. The topological polar surface area (TPSA) is 135 Å². The standard InChI is InChI=1S/C35H45Br2ClN4O6/c1-2-26-32(45)33(46)34(47)35(48-26)40-27(43)18-41-9-5-19(6-10-41)13-28(44)42-11-7-20(8-12-42)30-29-21(15-24(38)16-25(29)37)3-4-22-14-23(36)17-39-31(22)30/h14-17,19-20,26,30,32-35,45-47H,2-13,18H2,1H3,(H,40,43)/t26-,30-,32+,33+,34-,35-/m1/s1. The molecule has 3 saturated heterocycles. The molecule has 0 unspecified atom stereocenters. The van der Waals surface area contributed by atoms with E-state index in [-0.39, 0.29) is 30.2 Å². The van der Waals surface area contributed by atoms with Gasteiger partial charge in [0.25, 0.3) is 0 Å². The lowest BCUT2D eigenvalue weighted by atomic mass is 9.76. The zero-order valence-electron chi connectivity index (χ0n) is 27.2. The van der Waals surface area contributed by atoms with Gasteiger partial charge in [-0.25, -0.2) is 0 Å². The molecule has 0 saturated carbocycles. The van der Waals surface area contributed by atoms with Crippen molar-refractivity contribution in [1.82, 2.24) is 20.1 Å². The number of hydrogen-bond acceptors (Lipinski definition) is 8. The predicted molar refractivity (Wildman–Crippen MR) is 189 cm³/mol. The molecule has 4 aliphatic rings. The van der Waals surface area contributed by atoms with E-state index in [2.05, 4.69) is 49.3 Å². The summed E-state index contributed by atoms with van der Waals surface area (Å²) >= 11 is 13.9. The molecular formula is C35H45Br2ClN4O6. The molecule has 6 atom stereocenters. The van der Waals surface area contributed by atoms with Crippen molar-refractivity contribution in [3.8, 4) is 0 Å². The Labute approximate surface area is 303 Å². The number of pyridine rings is 1. The minimum Gasteiger partial charge on any atom is -0.388 e. The predicted octanol–water partition coefficient (Wildman–Crippen LogP) is 4.17. The van der Waals surface area contributed by atoms with Gasteiger partial charge in [0.15, 0.2) is 6.23 Å². The number of fused-ring (bicyclic) bond motifs is 2. The molecule has 262 valence electrons. The number of carbonyl (C=O) groups excluding carboxylic acids is 2. The highest BCUT2D eigenvalue weighted by Crippen LogP contribution is 2.46. The second-order valence-corrected chi connectivity index (χ2v) is 16.0. The Bertz CT molecular complexity index is 1480. The van der Waals surface area contributed by atoms with Crippen LogP contribution in [-0.4, -0.2) is 105 Å². The average molecular weight is 813 g/mol. The van der Waals surface area contributed by atoms with E-state index in [1.54, 1.807) is 6.92 Å². The van der Waals surface area contributed by atoms with Gasteiger partial charge in [-0.05, 0) is 121 Å². The van der Waals surface area contributed by atoms with Gasteiger partial charge in [0.1, 0.15) is 18.3 Å². The second-order valence-electron chi connectivity index (χ2n) is 13.8. The van der Waals surface area contributed by atoms with Crippen LogP contribution in [0.25, 0.3) is 0 Å². The number of nitrogens with zero attached hydrogens (tertiary/aromatic N) is 3. The van der Waals surface area contributed by atoms with Crippen LogP contribution in [0.15, 0.2) is 33.3 Å². The number of benzene rings is 1. The van der Waals surface area contributed by atoms with E-state index in [1.807, 2.05) is 22.1 Å². The van der Waals surface area contributed by atoms with Crippen LogP contribution in [0, 0.1) is 11.8 Å². The Morgan fingerprint density at radius 3 is 2.40 bits per heavy atom. The van der Waals surface area contributed by atoms with E-state index >= 15 is 0 Å². The number of piperidine rings is 2. The summed E-state index contributed by atoms with van der Waals surface area (Å²) < 4.78 is 7.65. The molecule has 2 aromatic rings. The Morgan fingerprint density at radius 1 is 0.979 bits per heavy atom. The first kappa shape index (κ1) is 36.2. The first-order valence-electron chi connectivity index (χ1n) is 17.1. The average Bonchev–Trinajstić information content (AvgIpc) is 3.22. The monoisotopic (exact) mass is 810 g/mol. The van der Waals surface area contributed by atoms with Gasteiger partial charge in [-0.1, -0.05) is 34.5 Å². The maximum atomic E-state index is 13.5.